The first-order chi connectivity index (χ1) is 32.2. The van der Waals surface area contributed by atoms with Crippen LogP contribution >= 0.6 is 34.8 Å². The number of benzene rings is 6. The molecule has 358 valence electrons. The van der Waals surface area contributed by atoms with Crippen LogP contribution in [0.4, 0.5) is 17.1 Å². The number of para-hydroxylation sites is 1. The molecule has 0 heterocycles. The SMILES string of the molecule is CC(O)CN.CCc1cccc(CC(=O)c2cc(C(=O)CCC(C)O)cc(C(=O)Cc3ccccc3)c2)c1.Nc1cccc(N)c1.Nc1ccccc1.O=C(Cl)c1cc(C(=O)Cl)cc(C(=O)Cl)c1. The van der Waals surface area contributed by atoms with Gasteiger partial charge in [-0.05, 0) is 145 Å². The maximum atomic E-state index is 13.1. The summed E-state index contributed by atoms with van der Waals surface area (Å²) in [5, 5.41) is 15.4. The summed E-state index contributed by atoms with van der Waals surface area (Å²) in [6.07, 6.45) is 0.824. The normalized spacial score (nSPS) is 10.9. The molecule has 0 aromatic heterocycles. The van der Waals surface area contributed by atoms with E-state index >= 15 is 0 Å². The highest BCUT2D eigenvalue weighted by molar-refractivity contribution is 6.70. The van der Waals surface area contributed by atoms with E-state index in [9.17, 15) is 33.9 Å². The molecule has 0 aliphatic rings. The number of carbonyl (C=O) groups is 6. The first-order valence-electron chi connectivity index (χ1n) is 21.3. The third kappa shape index (κ3) is 22.8. The first kappa shape index (κ1) is 57.6. The van der Waals surface area contributed by atoms with Crippen LogP contribution in [-0.2, 0) is 19.3 Å². The molecule has 6 aromatic rings. The van der Waals surface area contributed by atoms with E-state index in [4.69, 9.17) is 62.8 Å². The summed E-state index contributed by atoms with van der Waals surface area (Å²) in [6.45, 7) is 5.71. The van der Waals surface area contributed by atoms with E-state index < -0.39 is 21.8 Å². The monoisotopic (exact) mass is 982 g/mol. The third-order valence-corrected chi connectivity index (χ3v) is 9.98. The van der Waals surface area contributed by atoms with Gasteiger partial charge in [0.1, 0.15) is 0 Å². The molecular weight excluding hydrogens is 927 g/mol. The first-order valence-corrected chi connectivity index (χ1v) is 22.4. The largest absolute Gasteiger partial charge is 0.399 e. The Hall–Kier alpha value is -6.51. The van der Waals surface area contributed by atoms with Crippen molar-refractivity contribution >= 4 is 84.9 Å². The zero-order valence-electron chi connectivity index (χ0n) is 38.0. The highest BCUT2D eigenvalue weighted by atomic mass is 35.5. The second-order valence-corrected chi connectivity index (χ2v) is 16.3. The standard InChI is InChI=1S/C29H30O4.C9H3Cl3O3.C6H8N2.C6H7N.C3H9NO/c1-3-21-10-7-11-23(14-21)16-29(33)26-18-24(27(31)13-12-20(2)30)17-25(19-26)28(32)15-22-8-5-4-6-9-22;10-7(13)4-1-5(8(11)14)3-6(2-4)9(12)15;7-5-2-1-3-6(8)4-5;7-6-4-2-1-3-5-6;1-3(5)2-4/h4-11,14,17-20,30H,3,12-13,15-16H2,1-2H3;1-3H;1-4H,7-8H2;1-5H,7H2;3,5H,2,4H2,1H3. The summed E-state index contributed by atoms with van der Waals surface area (Å²) < 4.78 is 0. The van der Waals surface area contributed by atoms with Crippen molar-refractivity contribution in [3.05, 3.63) is 196 Å². The minimum Gasteiger partial charge on any atom is -0.399 e. The second kappa shape index (κ2) is 30.7. The van der Waals surface area contributed by atoms with E-state index in [-0.39, 0.29) is 59.4 Å². The van der Waals surface area contributed by atoms with Crippen molar-refractivity contribution in [1.82, 2.24) is 0 Å². The molecule has 0 spiro atoms. The quantitative estimate of drug-likeness (QED) is 0.0320. The lowest BCUT2D eigenvalue weighted by Gasteiger charge is -2.10. The van der Waals surface area contributed by atoms with Crippen molar-refractivity contribution in [2.45, 2.75) is 65.1 Å². The van der Waals surface area contributed by atoms with Gasteiger partial charge in [-0.1, -0.05) is 85.8 Å². The number of halogens is 3. The van der Waals surface area contributed by atoms with Gasteiger partial charge in [-0.3, -0.25) is 28.8 Å². The molecule has 10 N–H and O–H groups in total. The summed E-state index contributed by atoms with van der Waals surface area (Å²) >= 11 is 15.6. The van der Waals surface area contributed by atoms with Crippen LogP contribution in [0.25, 0.3) is 0 Å². The summed E-state index contributed by atoms with van der Waals surface area (Å²) in [6, 6.07) is 42.2. The van der Waals surface area contributed by atoms with Crippen LogP contribution in [0.5, 0.6) is 0 Å². The van der Waals surface area contributed by atoms with Gasteiger partial charge in [0, 0.05) is 76.3 Å². The summed E-state index contributed by atoms with van der Waals surface area (Å²) in [4.78, 5) is 71.5. The maximum absolute atomic E-state index is 13.1. The number of hydrogen-bond acceptors (Lipinski definition) is 12. The van der Waals surface area contributed by atoms with Crippen molar-refractivity contribution in [3.8, 4) is 0 Å². The molecule has 2 unspecified atom stereocenters. The average Bonchev–Trinajstić information content (AvgIpc) is 3.31. The predicted octanol–water partition coefficient (Wildman–Crippen LogP) is 9.71. The van der Waals surface area contributed by atoms with Crippen molar-refractivity contribution < 1.29 is 39.0 Å². The zero-order valence-corrected chi connectivity index (χ0v) is 40.3. The molecule has 0 saturated carbocycles. The number of ketones is 3. The number of aryl methyl sites for hydroxylation is 1. The Morgan fingerprint density at radius 3 is 1.16 bits per heavy atom. The molecule has 0 aliphatic heterocycles. The number of aliphatic hydroxyl groups is 2. The van der Waals surface area contributed by atoms with Crippen LogP contribution in [-0.4, -0.2) is 62.0 Å². The average molecular weight is 984 g/mol. The molecule has 6 rings (SSSR count). The van der Waals surface area contributed by atoms with Gasteiger partial charge in [0.2, 0.25) is 0 Å². The molecule has 0 radical (unpaired) electrons. The van der Waals surface area contributed by atoms with E-state index in [1.807, 2.05) is 91.0 Å². The van der Waals surface area contributed by atoms with Gasteiger partial charge < -0.3 is 33.1 Å². The maximum Gasteiger partial charge on any atom is 0.252 e. The molecular formula is C53H57Cl3N4O8. The lowest BCUT2D eigenvalue weighted by Crippen LogP contribution is -2.14. The second-order valence-electron chi connectivity index (χ2n) is 15.3. The van der Waals surface area contributed by atoms with Crippen molar-refractivity contribution in [1.29, 1.82) is 0 Å². The molecule has 0 saturated heterocycles. The van der Waals surface area contributed by atoms with E-state index in [0.29, 0.717) is 41.0 Å². The van der Waals surface area contributed by atoms with Gasteiger partial charge in [-0.25, -0.2) is 0 Å². The number of hydrogen-bond donors (Lipinski definition) is 6. The molecule has 6 aromatic carbocycles. The fourth-order valence-electron chi connectivity index (χ4n) is 5.71. The minimum atomic E-state index is -0.797. The van der Waals surface area contributed by atoms with Gasteiger partial charge >= 0.3 is 0 Å². The van der Waals surface area contributed by atoms with Gasteiger partial charge in [0.25, 0.3) is 15.7 Å². The Balaban J connectivity index is 0.000000367. The Morgan fingerprint density at radius 2 is 0.809 bits per heavy atom. The van der Waals surface area contributed by atoms with Gasteiger partial charge in [0.05, 0.1) is 12.2 Å². The number of nitrogen functional groups attached to an aromatic ring is 3. The number of aliphatic hydroxyl groups excluding tert-OH is 2. The van der Waals surface area contributed by atoms with E-state index in [0.717, 1.165) is 28.8 Å². The van der Waals surface area contributed by atoms with Gasteiger partial charge in [-0.15, -0.1) is 0 Å². The van der Waals surface area contributed by atoms with Crippen molar-refractivity contribution in [2.75, 3.05) is 23.7 Å². The fourth-order valence-corrected chi connectivity index (χ4v) is 6.03. The Kier molecular flexibility index (Phi) is 26.0. The van der Waals surface area contributed by atoms with Crippen LogP contribution in [0.1, 0.15) is 112 Å². The third-order valence-electron chi connectivity index (χ3n) is 9.33. The number of anilines is 3. The zero-order chi connectivity index (χ0) is 50.8. The topological polar surface area (TPSA) is 247 Å². The number of carbonyl (C=O) groups excluding carboxylic acids is 6. The summed E-state index contributed by atoms with van der Waals surface area (Å²) in [5.74, 6) is -0.470. The molecule has 0 amide bonds. The van der Waals surface area contributed by atoms with E-state index in [1.54, 1.807) is 50.2 Å². The van der Waals surface area contributed by atoms with Crippen LogP contribution < -0.4 is 22.9 Å². The van der Waals surface area contributed by atoms with Crippen LogP contribution in [0.2, 0.25) is 0 Å². The Labute approximate surface area is 412 Å². The summed E-state index contributed by atoms with van der Waals surface area (Å²) in [5.41, 5.74) is 27.2. The smallest absolute Gasteiger partial charge is 0.252 e. The van der Waals surface area contributed by atoms with Crippen LogP contribution in [0, 0.1) is 0 Å². The highest BCUT2D eigenvalue weighted by Crippen LogP contribution is 2.20. The molecule has 0 aliphatic carbocycles. The van der Waals surface area contributed by atoms with Crippen LogP contribution in [0.3, 0.4) is 0 Å². The summed E-state index contributed by atoms with van der Waals surface area (Å²) in [7, 11) is 0. The molecule has 0 bridgehead atoms. The van der Waals surface area contributed by atoms with Gasteiger partial charge in [0.15, 0.2) is 17.3 Å². The lowest BCUT2D eigenvalue weighted by atomic mass is 9.92. The molecule has 12 nitrogen and oxygen atoms in total. The lowest BCUT2D eigenvalue weighted by molar-refractivity contribution is 0.0948. The predicted molar refractivity (Wildman–Crippen MR) is 274 cm³/mol. The van der Waals surface area contributed by atoms with E-state index in [2.05, 4.69) is 6.92 Å². The van der Waals surface area contributed by atoms with Crippen LogP contribution in [0.15, 0.2) is 146 Å². The molecule has 2 atom stereocenters. The van der Waals surface area contributed by atoms with Gasteiger partial charge in [-0.2, -0.15) is 0 Å². The minimum absolute atomic E-state index is 0.00725. The number of nitrogens with two attached hydrogens (primary N) is 4. The molecule has 0 fully saturated rings. The Morgan fingerprint density at radius 1 is 0.456 bits per heavy atom. The Bertz CT molecular complexity index is 2490. The van der Waals surface area contributed by atoms with Crippen molar-refractivity contribution in [3.63, 3.8) is 0 Å². The molecule has 15 heteroatoms. The van der Waals surface area contributed by atoms with Crippen molar-refractivity contribution in [2.24, 2.45) is 5.73 Å². The highest BCUT2D eigenvalue weighted by Gasteiger charge is 2.18. The molecule has 68 heavy (non-hydrogen) atoms. The number of Topliss-reactive ketones (excluding diaryl/α,β-unsaturated/α-hetero) is 3. The fraction of sp³-hybridized carbons (Fsp3) is 0.208. The van der Waals surface area contributed by atoms with E-state index in [1.165, 1.54) is 18.2 Å². The number of rotatable bonds is 15.